The van der Waals surface area contributed by atoms with Crippen LogP contribution in [0.4, 0.5) is 11.6 Å². The van der Waals surface area contributed by atoms with E-state index >= 15 is 0 Å². The molecule has 5 nitrogen and oxygen atoms in total. The summed E-state index contributed by atoms with van der Waals surface area (Å²) in [6.45, 7) is 3.94. The minimum absolute atomic E-state index is 0.521. The maximum absolute atomic E-state index is 5.14. The third kappa shape index (κ3) is 3.91. The van der Waals surface area contributed by atoms with Gasteiger partial charge < -0.3 is 10.2 Å². The maximum Gasteiger partial charge on any atom is 0.161 e. The zero-order valence-corrected chi connectivity index (χ0v) is 16.5. The standard InChI is InChI=1S/C24H25N5/c1-3-7-19(8-4-1)22(20-9-5-2-6-10-20)28-23-21(18-11-12-18)24(27-17-26-23)29-15-13-25-14-16-29/h1-10,17-18,25H,11-16H2. The second-order valence-corrected chi connectivity index (χ2v) is 7.64. The average Bonchev–Trinajstić information content (AvgIpc) is 3.64. The summed E-state index contributed by atoms with van der Waals surface area (Å²) < 4.78 is 0. The maximum atomic E-state index is 5.14. The number of benzene rings is 2. The van der Waals surface area contributed by atoms with Crippen LogP contribution in [0.3, 0.4) is 0 Å². The fourth-order valence-electron chi connectivity index (χ4n) is 3.93. The summed E-state index contributed by atoms with van der Waals surface area (Å²) in [5.41, 5.74) is 4.38. The van der Waals surface area contributed by atoms with E-state index in [1.165, 1.54) is 18.4 Å². The van der Waals surface area contributed by atoms with Gasteiger partial charge in [0.05, 0.1) is 5.71 Å². The van der Waals surface area contributed by atoms with E-state index < -0.39 is 0 Å². The van der Waals surface area contributed by atoms with Crippen LogP contribution in [0.5, 0.6) is 0 Å². The van der Waals surface area contributed by atoms with Crippen molar-refractivity contribution < 1.29 is 0 Å². The molecule has 5 heteroatoms. The SMILES string of the molecule is c1ccc(C(=Nc2ncnc(N3CCNCC3)c2C2CC2)c2ccccc2)cc1. The van der Waals surface area contributed by atoms with E-state index in [1.54, 1.807) is 6.33 Å². The summed E-state index contributed by atoms with van der Waals surface area (Å²) in [7, 11) is 0. The number of rotatable bonds is 5. The molecule has 1 N–H and O–H groups in total. The molecule has 1 saturated heterocycles. The topological polar surface area (TPSA) is 53.4 Å². The number of piperazine rings is 1. The molecule has 1 saturated carbocycles. The van der Waals surface area contributed by atoms with Gasteiger partial charge in [-0.25, -0.2) is 15.0 Å². The Morgan fingerprint density at radius 3 is 2.07 bits per heavy atom. The van der Waals surface area contributed by atoms with Crippen molar-refractivity contribution in [2.45, 2.75) is 18.8 Å². The average molecular weight is 383 g/mol. The van der Waals surface area contributed by atoms with E-state index in [0.717, 1.165) is 54.7 Å². The van der Waals surface area contributed by atoms with Crippen molar-refractivity contribution >= 4 is 17.3 Å². The van der Waals surface area contributed by atoms with Gasteiger partial charge in [-0.2, -0.15) is 0 Å². The fraction of sp³-hybridized carbons (Fsp3) is 0.292. The fourth-order valence-corrected chi connectivity index (χ4v) is 3.93. The zero-order valence-electron chi connectivity index (χ0n) is 16.5. The van der Waals surface area contributed by atoms with Gasteiger partial charge in [-0.05, 0) is 18.8 Å². The smallest absolute Gasteiger partial charge is 0.161 e. The van der Waals surface area contributed by atoms with Gasteiger partial charge >= 0.3 is 0 Å². The van der Waals surface area contributed by atoms with Gasteiger partial charge in [0.1, 0.15) is 12.1 Å². The van der Waals surface area contributed by atoms with E-state index in [0.29, 0.717) is 5.92 Å². The molecule has 0 radical (unpaired) electrons. The highest BCUT2D eigenvalue weighted by Gasteiger charge is 2.32. The Labute approximate surface area is 171 Å². The normalized spacial score (nSPS) is 16.5. The summed E-state index contributed by atoms with van der Waals surface area (Å²) >= 11 is 0. The highest BCUT2D eigenvalue weighted by Crippen LogP contribution is 2.47. The second-order valence-electron chi connectivity index (χ2n) is 7.64. The lowest BCUT2D eigenvalue weighted by Crippen LogP contribution is -2.44. The number of hydrogen-bond donors (Lipinski definition) is 1. The van der Waals surface area contributed by atoms with Crippen LogP contribution in [0.2, 0.25) is 0 Å². The van der Waals surface area contributed by atoms with Crippen LogP contribution in [0.25, 0.3) is 0 Å². The van der Waals surface area contributed by atoms with Gasteiger partial charge in [-0.15, -0.1) is 0 Å². The van der Waals surface area contributed by atoms with Gasteiger partial charge in [0.15, 0.2) is 5.82 Å². The van der Waals surface area contributed by atoms with Crippen LogP contribution in [-0.2, 0) is 0 Å². The number of nitrogens with one attached hydrogen (secondary N) is 1. The van der Waals surface area contributed by atoms with Crippen molar-refractivity contribution in [1.82, 2.24) is 15.3 Å². The first-order valence-corrected chi connectivity index (χ1v) is 10.4. The van der Waals surface area contributed by atoms with E-state index in [4.69, 9.17) is 9.98 Å². The Hall–Kier alpha value is -3.05. The lowest BCUT2D eigenvalue weighted by Gasteiger charge is -2.30. The van der Waals surface area contributed by atoms with Crippen LogP contribution in [0.15, 0.2) is 72.0 Å². The summed E-state index contributed by atoms with van der Waals surface area (Å²) in [6, 6.07) is 20.8. The van der Waals surface area contributed by atoms with Gasteiger partial charge in [0.2, 0.25) is 0 Å². The van der Waals surface area contributed by atoms with Gasteiger partial charge in [-0.1, -0.05) is 60.7 Å². The van der Waals surface area contributed by atoms with Crippen molar-refractivity contribution in [3.63, 3.8) is 0 Å². The van der Waals surface area contributed by atoms with E-state index in [2.05, 4.69) is 63.7 Å². The van der Waals surface area contributed by atoms with Crippen LogP contribution < -0.4 is 10.2 Å². The summed E-state index contributed by atoms with van der Waals surface area (Å²) in [4.78, 5) is 16.9. The molecule has 0 atom stereocenters. The first-order valence-electron chi connectivity index (χ1n) is 10.4. The number of anilines is 1. The van der Waals surface area contributed by atoms with Crippen molar-refractivity contribution in [2.75, 3.05) is 31.1 Å². The van der Waals surface area contributed by atoms with Crippen LogP contribution in [-0.4, -0.2) is 41.9 Å². The van der Waals surface area contributed by atoms with Gasteiger partial charge in [-0.3, -0.25) is 0 Å². The lowest BCUT2D eigenvalue weighted by atomic mass is 10.0. The Morgan fingerprint density at radius 2 is 1.48 bits per heavy atom. The highest BCUT2D eigenvalue weighted by atomic mass is 15.2. The largest absolute Gasteiger partial charge is 0.354 e. The number of aliphatic imine (C=N–C) groups is 1. The summed E-state index contributed by atoms with van der Waals surface area (Å²) in [5, 5.41) is 3.43. The third-order valence-electron chi connectivity index (χ3n) is 5.56. The Kier molecular flexibility index (Phi) is 5.05. The molecule has 1 aliphatic heterocycles. The monoisotopic (exact) mass is 383 g/mol. The van der Waals surface area contributed by atoms with Crippen molar-refractivity contribution in [1.29, 1.82) is 0 Å². The quantitative estimate of drug-likeness (QED) is 0.678. The number of nitrogens with zero attached hydrogens (tertiary/aromatic N) is 4. The third-order valence-corrected chi connectivity index (χ3v) is 5.56. The van der Waals surface area contributed by atoms with Gasteiger partial charge in [0, 0.05) is 42.9 Å². The first kappa shape index (κ1) is 18.0. The Bertz CT molecular complexity index is 949. The molecule has 0 spiro atoms. The predicted molar refractivity (Wildman–Crippen MR) is 117 cm³/mol. The second kappa shape index (κ2) is 8.13. The minimum atomic E-state index is 0.521. The molecular weight excluding hydrogens is 358 g/mol. The molecule has 2 aromatic carbocycles. The molecule has 29 heavy (non-hydrogen) atoms. The lowest BCUT2D eigenvalue weighted by molar-refractivity contribution is 0.582. The Balaban J connectivity index is 1.64. The molecule has 146 valence electrons. The Morgan fingerprint density at radius 1 is 0.862 bits per heavy atom. The molecule has 1 aromatic heterocycles. The zero-order chi connectivity index (χ0) is 19.5. The minimum Gasteiger partial charge on any atom is -0.354 e. The van der Waals surface area contributed by atoms with E-state index in [-0.39, 0.29) is 0 Å². The summed E-state index contributed by atoms with van der Waals surface area (Å²) in [6.07, 6.45) is 4.07. The molecule has 1 aliphatic carbocycles. The van der Waals surface area contributed by atoms with Crippen LogP contribution in [0, 0.1) is 0 Å². The molecule has 2 heterocycles. The molecule has 5 rings (SSSR count). The highest BCUT2D eigenvalue weighted by molar-refractivity contribution is 6.13. The van der Waals surface area contributed by atoms with E-state index in [1.807, 2.05) is 12.1 Å². The van der Waals surface area contributed by atoms with Crippen molar-refractivity contribution in [3.05, 3.63) is 83.7 Å². The molecule has 3 aromatic rings. The van der Waals surface area contributed by atoms with Gasteiger partial charge in [0.25, 0.3) is 0 Å². The van der Waals surface area contributed by atoms with Crippen molar-refractivity contribution in [3.8, 4) is 0 Å². The van der Waals surface area contributed by atoms with E-state index in [9.17, 15) is 0 Å². The molecule has 2 aliphatic rings. The molecular formula is C24H25N5. The summed E-state index contributed by atoms with van der Waals surface area (Å²) in [5.74, 6) is 2.41. The van der Waals surface area contributed by atoms with Crippen LogP contribution in [0.1, 0.15) is 35.4 Å². The molecule has 0 amide bonds. The number of aromatic nitrogens is 2. The molecule has 0 bridgehead atoms. The number of hydrogen-bond acceptors (Lipinski definition) is 5. The molecule has 0 unspecified atom stereocenters. The van der Waals surface area contributed by atoms with Crippen molar-refractivity contribution in [2.24, 2.45) is 4.99 Å². The molecule has 2 fully saturated rings. The predicted octanol–water partition coefficient (Wildman–Crippen LogP) is 3.93. The van der Waals surface area contributed by atoms with Crippen LogP contribution >= 0.6 is 0 Å². The first-order chi connectivity index (χ1) is 14.4.